The number of hydrogen-bond donors (Lipinski definition) is 0. The number of sulfone groups is 1. The zero-order valence-corrected chi connectivity index (χ0v) is 30.3. The van der Waals surface area contributed by atoms with Crippen LogP contribution in [0.15, 0.2) is 65.8 Å². The van der Waals surface area contributed by atoms with E-state index in [1.165, 1.54) is 18.1 Å². The molecule has 0 bridgehead atoms. The van der Waals surface area contributed by atoms with E-state index in [-0.39, 0.29) is 66.3 Å². The normalized spacial score (nSPS) is 20.8. The lowest BCUT2D eigenvalue weighted by Gasteiger charge is -2.39. The van der Waals surface area contributed by atoms with Crippen LogP contribution in [0.4, 0.5) is 0 Å². The number of nitrogens with zero attached hydrogens (tertiary/aromatic N) is 5. The topological polar surface area (TPSA) is 104 Å². The predicted molar refractivity (Wildman–Crippen MR) is 190 cm³/mol. The molecule has 9 nitrogen and oxygen atoms in total. The van der Waals surface area contributed by atoms with Gasteiger partial charge in [-0.25, -0.2) is 18.4 Å². The standard InChI is InChI=1S/C34H41N5O4S.3ClH/c1-24-31(25(2)36-23-35-24)32(40)39-21-28(30(22-39)27-7-5-4-6-8-27)20-37-16-13-34(14-17-37)15-18-38(33(34)41)19-26-9-11-29(12-10-26)44(3,42)43;;;/h4-12,23,28,30H,13-22H2,1-3H3;3*1H. The highest BCUT2D eigenvalue weighted by molar-refractivity contribution is 7.90. The minimum Gasteiger partial charge on any atom is -0.338 e. The summed E-state index contributed by atoms with van der Waals surface area (Å²) in [4.78, 5) is 42.6. The van der Waals surface area contributed by atoms with E-state index < -0.39 is 9.84 Å². The summed E-state index contributed by atoms with van der Waals surface area (Å²) in [6.07, 6.45) is 5.24. The number of piperidine rings is 1. The molecule has 0 saturated carbocycles. The Labute approximate surface area is 296 Å². The molecule has 3 saturated heterocycles. The molecule has 3 aromatic rings. The van der Waals surface area contributed by atoms with Crippen LogP contribution >= 0.6 is 37.2 Å². The highest BCUT2D eigenvalue weighted by Gasteiger charge is 2.48. The molecular formula is C34H44Cl3N5O4S. The van der Waals surface area contributed by atoms with Crippen LogP contribution < -0.4 is 0 Å². The third kappa shape index (κ3) is 8.11. The summed E-state index contributed by atoms with van der Waals surface area (Å²) in [7, 11) is -3.25. The molecular weight excluding hydrogens is 681 g/mol. The smallest absolute Gasteiger partial charge is 0.257 e. The fraction of sp³-hybridized carbons (Fsp3) is 0.471. The van der Waals surface area contributed by atoms with E-state index >= 15 is 0 Å². The molecule has 0 aliphatic carbocycles. The first-order valence-corrected chi connectivity index (χ1v) is 17.4. The van der Waals surface area contributed by atoms with Crippen molar-refractivity contribution in [2.24, 2.45) is 11.3 Å². The second kappa shape index (κ2) is 15.6. The number of hydrogen-bond acceptors (Lipinski definition) is 7. The number of likely N-dealkylation sites (tertiary alicyclic amines) is 3. The minimum absolute atomic E-state index is 0. The van der Waals surface area contributed by atoms with E-state index in [0.29, 0.717) is 41.5 Å². The zero-order chi connectivity index (χ0) is 31.1. The van der Waals surface area contributed by atoms with E-state index in [4.69, 9.17) is 0 Å². The summed E-state index contributed by atoms with van der Waals surface area (Å²) in [5, 5.41) is 0. The quantitative estimate of drug-likeness (QED) is 0.333. The van der Waals surface area contributed by atoms with Crippen LogP contribution in [0.2, 0.25) is 0 Å². The summed E-state index contributed by atoms with van der Waals surface area (Å²) in [5.74, 6) is 0.745. The SMILES string of the molecule is Cc1ncnc(C)c1C(=O)N1CC(CN2CCC3(CC2)CCN(Cc2ccc(S(C)(=O)=O)cc2)C3=O)C(c2ccccc2)C1.Cl.Cl.Cl. The third-order valence-corrected chi connectivity index (χ3v) is 11.2. The Morgan fingerprint density at radius 3 is 2.06 bits per heavy atom. The van der Waals surface area contributed by atoms with Gasteiger partial charge in [-0.1, -0.05) is 42.5 Å². The Morgan fingerprint density at radius 1 is 0.872 bits per heavy atom. The predicted octanol–water partition coefficient (Wildman–Crippen LogP) is 5.13. The van der Waals surface area contributed by atoms with Crippen LogP contribution in [0.1, 0.15) is 58.1 Å². The lowest BCUT2D eigenvalue weighted by molar-refractivity contribution is -0.139. The van der Waals surface area contributed by atoms with Gasteiger partial charge in [0.25, 0.3) is 5.91 Å². The summed E-state index contributed by atoms with van der Waals surface area (Å²) < 4.78 is 23.6. The molecule has 6 rings (SSSR count). The van der Waals surface area contributed by atoms with Crippen LogP contribution in [0, 0.1) is 25.2 Å². The van der Waals surface area contributed by atoms with Crippen molar-refractivity contribution in [3.05, 3.63) is 89.0 Å². The van der Waals surface area contributed by atoms with Crippen molar-refractivity contribution in [3.8, 4) is 0 Å². The average molecular weight is 725 g/mol. The van der Waals surface area contributed by atoms with Crippen molar-refractivity contribution < 1.29 is 18.0 Å². The molecule has 0 radical (unpaired) electrons. The van der Waals surface area contributed by atoms with Crippen LogP contribution in [0.3, 0.4) is 0 Å². The van der Waals surface area contributed by atoms with Gasteiger partial charge in [0.05, 0.1) is 27.3 Å². The lowest BCUT2D eigenvalue weighted by Crippen LogP contribution is -2.46. The van der Waals surface area contributed by atoms with Gasteiger partial charge in [0.15, 0.2) is 9.84 Å². The Balaban J connectivity index is 0.00000200. The second-order valence-corrected chi connectivity index (χ2v) is 14.9. The molecule has 3 aliphatic heterocycles. The van der Waals surface area contributed by atoms with E-state index in [1.54, 1.807) is 12.1 Å². The summed E-state index contributed by atoms with van der Waals surface area (Å²) >= 11 is 0. The van der Waals surface area contributed by atoms with Gasteiger partial charge in [0.1, 0.15) is 6.33 Å². The lowest BCUT2D eigenvalue weighted by atomic mass is 9.76. The number of halogens is 3. The first-order chi connectivity index (χ1) is 21.0. The molecule has 1 aromatic heterocycles. The second-order valence-electron chi connectivity index (χ2n) is 12.9. The number of benzene rings is 2. The van der Waals surface area contributed by atoms with Crippen molar-refractivity contribution in [1.82, 2.24) is 24.7 Å². The van der Waals surface area contributed by atoms with Gasteiger partial charge < -0.3 is 14.7 Å². The molecule has 3 aliphatic rings. The maximum Gasteiger partial charge on any atom is 0.257 e. The van der Waals surface area contributed by atoms with Gasteiger partial charge in [0, 0.05) is 44.9 Å². The fourth-order valence-electron chi connectivity index (χ4n) is 7.43. The first-order valence-electron chi connectivity index (χ1n) is 15.5. The summed E-state index contributed by atoms with van der Waals surface area (Å²) in [6.45, 7) is 8.92. The van der Waals surface area contributed by atoms with E-state index in [0.717, 1.165) is 51.0 Å². The molecule has 2 amide bonds. The van der Waals surface area contributed by atoms with Gasteiger partial charge in [-0.15, -0.1) is 37.2 Å². The zero-order valence-electron chi connectivity index (χ0n) is 27.0. The number of carbonyl (C=O) groups is 2. The van der Waals surface area contributed by atoms with Crippen molar-refractivity contribution in [2.45, 2.75) is 50.5 Å². The van der Waals surface area contributed by atoms with Gasteiger partial charge in [-0.2, -0.15) is 0 Å². The molecule has 2 atom stereocenters. The first kappa shape index (κ1) is 38.7. The molecule has 2 unspecified atom stereocenters. The number of aryl methyl sites for hydroxylation is 2. The Kier molecular flexibility index (Phi) is 12.9. The van der Waals surface area contributed by atoms with Crippen molar-refractivity contribution in [1.29, 1.82) is 0 Å². The number of aromatic nitrogens is 2. The van der Waals surface area contributed by atoms with Gasteiger partial charge in [-0.05, 0) is 75.4 Å². The molecule has 3 fully saturated rings. The molecule has 0 N–H and O–H groups in total. The van der Waals surface area contributed by atoms with Crippen molar-refractivity contribution in [3.63, 3.8) is 0 Å². The molecule has 13 heteroatoms. The Bertz CT molecular complexity index is 1630. The molecule has 256 valence electrons. The fourth-order valence-corrected chi connectivity index (χ4v) is 8.06. The minimum atomic E-state index is -3.25. The maximum atomic E-state index is 13.7. The highest BCUT2D eigenvalue weighted by atomic mass is 35.5. The molecule has 2 aromatic carbocycles. The Morgan fingerprint density at radius 2 is 1.47 bits per heavy atom. The monoisotopic (exact) mass is 723 g/mol. The van der Waals surface area contributed by atoms with Crippen LogP contribution in [-0.4, -0.2) is 90.4 Å². The summed E-state index contributed by atoms with van der Waals surface area (Å²) in [6, 6.07) is 17.4. The molecule has 47 heavy (non-hydrogen) atoms. The third-order valence-electron chi connectivity index (χ3n) is 10.0. The van der Waals surface area contributed by atoms with E-state index in [1.807, 2.05) is 41.8 Å². The van der Waals surface area contributed by atoms with Gasteiger partial charge in [0.2, 0.25) is 5.91 Å². The summed E-state index contributed by atoms with van der Waals surface area (Å²) in [5.41, 5.74) is 3.91. The average Bonchev–Trinajstić information content (AvgIpc) is 3.56. The van der Waals surface area contributed by atoms with E-state index in [9.17, 15) is 18.0 Å². The Hall–Kier alpha value is -2.76. The molecule has 4 heterocycles. The van der Waals surface area contributed by atoms with Crippen molar-refractivity contribution in [2.75, 3.05) is 45.5 Å². The van der Waals surface area contributed by atoms with Crippen LogP contribution in [0.25, 0.3) is 0 Å². The van der Waals surface area contributed by atoms with Gasteiger partial charge in [-0.3, -0.25) is 9.59 Å². The largest absolute Gasteiger partial charge is 0.338 e. The highest BCUT2D eigenvalue weighted by Crippen LogP contribution is 2.43. The molecule has 1 spiro atoms. The van der Waals surface area contributed by atoms with E-state index in [2.05, 4.69) is 39.1 Å². The number of rotatable bonds is 7. The van der Waals surface area contributed by atoms with Crippen LogP contribution in [0.5, 0.6) is 0 Å². The number of amides is 2. The van der Waals surface area contributed by atoms with Crippen molar-refractivity contribution >= 4 is 58.9 Å². The van der Waals surface area contributed by atoms with Gasteiger partial charge >= 0.3 is 0 Å². The number of carbonyl (C=O) groups excluding carboxylic acids is 2. The van der Waals surface area contributed by atoms with Crippen LogP contribution in [-0.2, 0) is 21.2 Å². The maximum absolute atomic E-state index is 13.7.